The molecule has 1 aromatic carbocycles. The van der Waals surface area contributed by atoms with E-state index in [-0.39, 0.29) is 27.8 Å². The first-order chi connectivity index (χ1) is 10.8. The van der Waals surface area contributed by atoms with Gasteiger partial charge in [0.15, 0.2) is 0 Å². The number of halogens is 1. The molecule has 1 atom stereocenters. The van der Waals surface area contributed by atoms with Crippen LogP contribution < -0.4 is 5.32 Å². The molecule has 0 saturated heterocycles. The Labute approximate surface area is 141 Å². The molecule has 0 radical (unpaired) electrons. The predicted octanol–water partition coefficient (Wildman–Crippen LogP) is 2.88. The van der Waals surface area contributed by atoms with E-state index in [2.05, 4.69) is 5.32 Å². The molecular weight excluding hydrogens is 344 g/mol. The third-order valence-electron chi connectivity index (χ3n) is 2.72. The molecule has 0 bridgehead atoms. The Morgan fingerprint density at radius 1 is 1.52 bits per heavy atom. The van der Waals surface area contributed by atoms with Gasteiger partial charge >= 0.3 is 5.97 Å². The van der Waals surface area contributed by atoms with Gasteiger partial charge in [-0.2, -0.15) is 0 Å². The molecule has 0 aromatic heterocycles. The Kier molecular flexibility index (Phi) is 7.56. The second-order valence-electron chi connectivity index (χ2n) is 4.42. The van der Waals surface area contributed by atoms with Crippen LogP contribution in [0.3, 0.4) is 0 Å². The summed E-state index contributed by atoms with van der Waals surface area (Å²) in [7, 11) is 0. The van der Waals surface area contributed by atoms with Crippen LogP contribution in [0.5, 0.6) is 0 Å². The summed E-state index contributed by atoms with van der Waals surface area (Å²) in [6, 6.07) is 3.11. The molecule has 1 aromatic rings. The zero-order valence-corrected chi connectivity index (χ0v) is 13.8. The summed E-state index contributed by atoms with van der Waals surface area (Å²) in [6.45, 7) is 1.75. The van der Waals surface area contributed by atoms with Gasteiger partial charge in [0.25, 0.3) is 5.69 Å². The van der Waals surface area contributed by atoms with Crippen LogP contribution >= 0.6 is 23.4 Å². The monoisotopic (exact) mass is 358 g/mol. The fraction of sp³-hybridized carbons (Fsp3) is 0.286. The first kappa shape index (κ1) is 19.0. The molecule has 1 rings (SSSR count). The smallest absolute Gasteiger partial charge is 0.326 e. The van der Waals surface area contributed by atoms with Gasteiger partial charge in [-0.1, -0.05) is 23.8 Å². The molecule has 9 heteroatoms. The molecule has 0 aliphatic rings. The lowest BCUT2D eigenvalue weighted by Crippen LogP contribution is -2.41. The molecule has 124 valence electrons. The van der Waals surface area contributed by atoms with Crippen molar-refractivity contribution in [2.24, 2.45) is 0 Å². The van der Waals surface area contributed by atoms with Gasteiger partial charge in [0.2, 0.25) is 5.91 Å². The topological polar surface area (TPSA) is 110 Å². The fourth-order valence-corrected chi connectivity index (χ4v) is 2.61. The number of nitrogens with one attached hydrogen (secondary N) is 1. The summed E-state index contributed by atoms with van der Waals surface area (Å²) in [5, 5.41) is 22.6. The number of carboxylic acid groups (broad SMARTS) is 1. The second kappa shape index (κ2) is 9.16. The van der Waals surface area contributed by atoms with Crippen molar-refractivity contribution >= 4 is 40.9 Å². The van der Waals surface area contributed by atoms with Crippen molar-refractivity contribution in [3.63, 3.8) is 0 Å². The molecular formula is C14H15ClN2O5S. The van der Waals surface area contributed by atoms with E-state index in [4.69, 9.17) is 16.7 Å². The number of thioether (sulfide) groups is 1. The Bertz CT molecular complexity index is 636. The van der Waals surface area contributed by atoms with Gasteiger partial charge in [-0.15, -0.1) is 11.8 Å². The van der Waals surface area contributed by atoms with Crippen LogP contribution in [-0.4, -0.2) is 33.7 Å². The number of aliphatic carboxylic acids is 1. The number of hydrogen-bond acceptors (Lipinski definition) is 5. The third-order valence-corrected chi connectivity index (χ3v) is 4.02. The normalized spacial score (nSPS) is 12.1. The highest BCUT2D eigenvalue weighted by atomic mass is 35.5. The van der Waals surface area contributed by atoms with Crippen LogP contribution in [0.25, 0.3) is 0 Å². The van der Waals surface area contributed by atoms with Gasteiger partial charge in [0, 0.05) is 11.1 Å². The predicted molar refractivity (Wildman–Crippen MR) is 87.8 cm³/mol. The zero-order valence-electron chi connectivity index (χ0n) is 12.2. The van der Waals surface area contributed by atoms with Crippen LogP contribution in [0.2, 0.25) is 5.02 Å². The number of rotatable bonds is 8. The zero-order chi connectivity index (χ0) is 17.4. The summed E-state index contributed by atoms with van der Waals surface area (Å²) in [5.41, 5.74) is -0.195. The largest absolute Gasteiger partial charge is 0.480 e. The van der Waals surface area contributed by atoms with Gasteiger partial charge in [-0.3, -0.25) is 14.9 Å². The third kappa shape index (κ3) is 6.29. The Hall–Kier alpha value is -2.06. The van der Waals surface area contributed by atoms with E-state index in [0.29, 0.717) is 0 Å². The standard InChI is InChI=1S/C14H15ClN2O5S/c1-2-3-4-10(14(19)20)16-13(18)8-23-12-6-5-9(15)7-11(12)17(21)22/h2-3,5-7,10H,4,8H2,1H3,(H,16,18)(H,19,20)/b3-2+. The molecule has 0 saturated carbocycles. The molecule has 0 aliphatic heterocycles. The lowest BCUT2D eigenvalue weighted by molar-refractivity contribution is -0.387. The lowest BCUT2D eigenvalue weighted by Gasteiger charge is -2.12. The molecule has 2 N–H and O–H groups in total. The van der Waals surface area contributed by atoms with Crippen molar-refractivity contribution in [3.8, 4) is 0 Å². The van der Waals surface area contributed by atoms with E-state index in [1.165, 1.54) is 18.2 Å². The number of amides is 1. The molecule has 0 spiro atoms. The van der Waals surface area contributed by atoms with E-state index in [1.54, 1.807) is 19.1 Å². The highest BCUT2D eigenvalue weighted by Gasteiger charge is 2.20. The van der Waals surface area contributed by atoms with Crippen LogP contribution in [0.1, 0.15) is 13.3 Å². The molecule has 1 amide bonds. The van der Waals surface area contributed by atoms with Crippen LogP contribution in [0, 0.1) is 10.1 Å². The summed E-state index contributed by atoms with van der Waals surface area (Å²) in [4.78, 5) is 33.5. The molecule has 1 unspecified atom stereocenters. The number of carbonyl (C=O) groups is 2. The summed E-state index contributed by atoms with van der Waals surface area (Å²) in [5.74, 6) is -1.79. The van der Waals surface area contributed by atoms with Crippen LogP contribution in [-0.2, 0) is 9.59 Å². The number of hydrogen-bond donors (Lipinski definition) is 2. The first-order valence-electron chi connectivity index (χ1n) is 6.55. The van der Waals surface area contributed by atoms with Gasteiger partial charge in [0.05, 0.1) is 15.6 Å². The summed E-state index contributed by atoms with van der Waals surface area (Å²) in [6.07, 6.45) is 3.49. The Balaban J connectivity index is 2.69. The average Bonchev–Trinajstić information content (AvgIpc) is 2.49. The lowest BCUT2D eigenvalue weighted by atomic mass is 10.2. The minimum absolute atomic E-state index is 0.137. The van der Waals surface area contributed by atoms with Crippen LogP contribution in [0.4, 0.5) is 5.69 Å². The van der Waals surface area contributed by atoms with E-state index >= 15 is 0 Å². The van der Waals surface area contributed by atoms with Crippen molar-refractivity contribution in [2.75, 3.05) is 5.75 Å². The number of carboxylic acids is 1. The number of nitro groups is 1. The molecule has 0 aliphatic carbocycles. The van der Waals surface area contributed by atoms with E-state index < -0.39 is 22.8 Å². The number of allylic oxidation sites excluding steroid dienone is 1. The minimum Gasteiger partial charge on any atom is -0.480 e. The number of nitrogens with zero attached hydrogens (tertiary/aromatic N) is 1. The van der Waals surface area contributed by atoms with Crippen molar-refractivity contribution < 1.29 is 19.6 Å². The van der Waals surface area contributed by atoms with Crippen molar-refractivity contribution in [2.45, 2.75) is 24.3 Å². The molecule has 23 heavy (non-hydrogen) atoms. The van der Waals surface area contributed by atoms with Crippen molar-refractivity contribution in [1.29, 1.82) is 0 Å². The molecule has 0 fully saturated rings. The Morgan fingerprint density at radius 3 is 2.78 bits per heavy atom. The maximum absolute atomic E-state index is 11.8. The first-order valence-corrected chi connectivity index (χ1v) is 7.91. The summed E-state index contributed by atoms with van der Waals surface area (Å²) >= 11 is 6.66. The van der Waals surface area contributed by atoms with Crippen molar-refractivity contribution in [1.82, 2.24) is 5.32 Å². The maximum Gasteiger partial charge on any atom is 0.326 e. The van der Waals surface area contributed by atoms with Gasteiger partial charge in [-0.05, 0) is 25.5 Å². The Morgan fingerprint density at radius 2 is 2.22 bits per heavy atom. The average molecular weight is 359 g/mol. The van der Waals surface area contributed by atoms with Gasteiger partial charge < -0.3 is 10.4 Å². The fourth-order valence-electron chi connectivity index (χ4n) is 1.63. The SMILES string of the molecule is C/C=C/CC(NC(=O)CSc1ccc(Cl)cc1[N+](=O)[O-])C(=O)O. The van der Waals surface area contributed by atoms with E-state index in [1.807, 2.05) is 0 Å². The molecule has 0 heterocycles. The molecule has 7 nitrogen and oxygen atoms in total. The van der Waals surface area contributed by atoms with Gasteiger partial charge in [-0.25, -0.2) is 4.79 Å². The highest BCUT2D eigenvalue weighted by Crippen LogP contribution is 2.31. The van der Waals surface area contributed by atoms with E-state index in [9.17, 15) is 19.7 Å². The second-order valence-corrected chi connectivity index (χ2v) is 5.87. The van der Waals surface area contributed by atoms with Crippen molar-refractivity contribution in [3.05, 3.63) is 45.5 Å². The number of nitro benzene ring substituents is 1. The number of benzene rings is 1. The minimum atomic E-state index is -1.14. The maximum atomic E-state index is 11.8. The highest BCUT2D eigenvalue weighted by molar-refractivity contribution is 8.00. The quantitative estimate of drug-likeness (QED) is 0.320. The number of carbonyl (C=O) groups excluding carboxylic acids is 1. The summed E-state index contributed by atoms with van der Waals surface area (Å²) < 4.78 is 0. The van der Waals surface area contributed by atoms with Gasteiger partial charge in [0.1, 0.15) is 6.04 Å². The van der Waals surface area contributed by atoms with Crippen LogP contribution in [0.15, 0.2) is 35.2 Å². The van der Waals surface area contributed by atoms with E-state index in [0.717, 1.165) is 11.8 Å².